The van der Waals surface area contributed by atoms with Gasteiger partial charge in [-0.1, -0.05) is 15.9 Å². The first-order chi connectivity index (χ1) is 7.51. The number of rotatable bonds is 3. The molecule has 2 N–H and O–H groups in total. The predicted octanol–water partition coefficient (Wildman–Crippen LogP) is 2.28. The number of methoxy groups -OCH3 is 1. The molecule has 0 aromatic carbocycles. The highest BCUT2D eigenvalue weighted by Crippen LogP contribution is 2.26. The number of esters is 1. The standard InChI is InChI=1S/C9H9BrF2N2O2/c1-16-9(15)5-2-4(7(11)12)6(3-10)14-8(5)13/h2,7H,3H2,1H3,(H2,13,14). The Balaban J connectivity index is 3.33. The zero-order chi connectivity index (χ0) is 12.3. The lowest BCUT2D eigenvalue weighted by atomic mass is 10.1. The number of nitrogens with zero attached hydrogens (tertiary/aromatic N) is 1. The predicted molar refractivity (Wildman–Crippen MR) is 57.6 cm³/mol. The Labute approximate surface area is 98.9 Å². The van der Waals surface area contributed by atoms with Crippen molar-refractivity contribution in [3.05, 3.63) is 22.9 Å². The second-order valence-electron chi connectivity index (χ2n) is 2.88. The minimum Gasteiger partial charge on any atom is -0.465 e. The monoisotopic (exact) mass is 294 g/mol. The first-order valence-electron chi connectivity index (χ1n) is 4.23. The summed E-state index contributed by atoms with van der Waals surface area (Å²) in [6, 6.07) is 1.01. The maximum Gasteiger partial charge on any atom is 0.341 e. The SMILES string of the molecule is COC(=O)c1cc(C(F)F)c(CBr)nc1N. The van der Waals surface area contributed by atoms with Crippen molar-refractivity contribution in [3.8, 4) is 0 Å². The Morgan fingerprint density at radius 3 is 2.75 bits per heavy atom. The summed E-state index contributed by atoms with van der Waals surface area (Å²) in [6.07, 6.45) is -2.72. The summed E-state index contributed by atoms with van der Waals surface area (Å²) >= 11 is 3.02. The lowest BCUT2D eigenvalue weighted by molar-refractivity contribution is 0.0601. The molecular formula is C9H9BrF2N2O2. The Kier molecular flexibility index (Phi) is 4.17. The zero-order valence-electron chi connectivity index (χ0n) is 8.34. The molecule has 0 bridgehead atoms. The van der Waals surface area contributed by atoms with Gasteiger partial charge in [0.15, 0.2) is 0 Å². The van der Waals surface area contributed by atoms with Gasteiger partial charge in [-0.05, 0) is 6.07 Å². The molecule has 4 nitrogen and oxygen atoms in total. The molecule has 1 rings (SSSR count). The quantitative estimate of drug-likeness (QED) is 0.686. The highest BCUT2D eigenvalue weighted by molar-refractivity contribution is 9.08. The van der Waals surface area contributed by atoms with Gasteiger partial charge in [-0.2, -0.15) is 0 Å². The van der Waals surface area contributed by atoms with Crippen LogP contribution in [0.1, 0.15) is 28.0 Å². The fraction of sp³-hybridized carbons (Fsp3) is 0.333. The van der Waals surface area contributed by atoms with E-state index in [0.29, 0.717) is 0 Å². The Morgan fingerprint density at radius 2 is 2.31 bits per heavy atom. The molecule has 0 aliphatic rings. The Morgan fingerprint density at radius 1 is 1.69 bits per heavy atom. The van der Waals surface area contributed by atoms with Crippen LogP contribution in [0, 0.1) is 0 Å². The second kappa shape index (κ2) is 5.20. The minimum absolute atomic E-state index is 0.111. The molecule has 0 atom stereocenters. The smallest absolute Gasteiger partial charge is 0.341 e. The number of anilines is 1. The molecule has 0 saturated carbocycles. The second-order valence-corrected chi connectivity index (χ2v) is 3.44. The number of pyridine rings is 1. The fourth-order valence-electron chi connectivity index (χ4n) is 1.15. The number of hydrogen-bond acceptors (Lipinski definition) is 4. The third-order valence-corrected chi connectivity index (χ3v) is 2.46. The summed E-state index contributed by atoms with van der Waals surface area (Å²) in [5.74, 6) is -0.904. The summed E-state index contributed by atoms with van der Waals surface area (Å²) in [7, 11) is 1.14. The molecule has 0 amide bonds. The molecule has 0 unspecified atom stereocenters. The van der Waals surface area contributed by atoms with Gasteiger partial charge in [-0.25, -0.2) is 18.6 Å². The van der Waals surface area contributed by atoms with E-state index in [1.54, 1.807) is 0 Å². The van der Waals surface area contributed by atoms with Gasteiger partial charge >= 0.3 is 5.97 Å². The maximum absolute atomic E-state index is 12.6. The number of alkyl halides is 3. The first-order valence-corrected chi connectivity index (χ1v) is 5.35. The maximum atomic E-state index is 12.6. The number of nitrogens with two attached hydrogens (primary N) is 1. The molecule has 0 radical (unpaired) electrons. The molecule has 88 valence electrons. The van der Waals surface area contributed by atoms with Gasteiger partial charge in [0, 0.05) is 10.9 Å². The zero-order valence-corrected chi connectivity index (χ0v) is 9.92. The molecule has 0 spiro atoms. The van der Waals surface area contributed by atoms with Crippen molar-refractivity contribution >= 4 is 27.7 Å². The van der Waals surface area contributed by atoms with Crippen molar-refractivity contribution in [2.45, 2.75) is 11.8 Å². The Hall–Kier alpha value is -1.24. The van der Waals surface area contributed by atoms with Crippen molar-refractivity contribution in [2.24, 2.45) is 0 Å². The van der Waals surface area contributed by atoms with E-state index in [4.69, 9.17) is 5.73 Å². The average molecular weight is 295 g/mol. The number of ether oxygens (including phenoxy) is 1. The van der Waals surface area contributed by atoms with Crippen LogP contribution in [-0.4, -0.2) is 18.1 Å². The fourth-order valence-corrected chi connectivity index (χ4v) is 1.60. The van der Waals surface area contributed by atoms with Crippen LogP contribution in [0.15, 0.2) is 6.07 Å². The van der Waals surface area contributed by atoms with Crippen LogP contribution in [0.2, 0.25) is 0 Å². The molecule has 0 aliphatic carbocycles. The minimum atomic E-state index is -2.72. The van der Waals surface area contributed by atoms with Gasteiger partial charge in [-0.3, -0.25) is 0 Å². The summed E-state index contributed by atoms with van der Waals surface area (Å²) < 4.78 is 29.7. The number of aromatic nitrogens is 1. The van der Waals surface area contributed by atoms with Crippen LogP contribution in [0.3, 0.4) is 0 Å². The molecule has 1 aromatic heterocycles. The van der Waals surface area contributed by atoms with Crippen molar-refractivity contribution in [3.63, 3.8) is 0 Å². The van der Waals surface area contributed by atoms with Crippen LogP contribution in [0.25, 0.3) is 0 Å². The average Bonchev–Trinajstić information content (AvgIpc) is 2.27. The van der Waals surface area contributed by atoms with Gasteiger partial charge in [0.25, 0.3) is 6.43 Å². The lowest BCUT2D eigenvalue weighted by Gasteiger charge is -2.09. The van der Waals surface area contributed by atoms with E-state index in [1.165, 1.54) is 0 Å². The normalized spacial score (nSPS) is 10.6. The van der Waals surface area contributed by atoms with E-state index < -0.39 is 12.4 Å². The van der Waals surface area contributed by atoms with Crippen molar-refractivity contribution in [2.75, 3.05) is 12.8 Å². The molecule has 7 heteroatoms. The van der Waals surface area contributed by atoms with Crippen LogP contribution in [-0.2, 0) is 10.1 Å². The molecule has 1 heterocycles. The van der Waals surface area contributed by atoms with E-state index in [0.717, 1.165) is 13.2 Å². The van der Waals surface area contributed by atoms with Crippen LogP contribution in [0.5, 0.6) is 0 Å². The van der Waals surface area contributed by atoms with Crippen molar-refractivity contribution < 1.29 is 18.3 Å². The summed E-state index contributed by atoms with van der Waals surface area (Å²) in [4.78, 5) is 14.9. The van der Waals surface area contributed by atoms with Gasteiger partial charge in [0.2, 0.25) is 0 Å². The van der Waals surface area contributed by atoms with E-state index in [-0.39, 0.29) is 28.0 Å². The molecule has 1 aromatic rings. The van der Waals surface area contributed by atoms with Crippen LogP contribution in [0.4, 0.5) is 14.6 Å². The summed E-state index contributed by atoms with van der Waals surface area (Å²) in [5.41, 5.74) is 5.10. The molecular weight excluding hydrogens is 286 g/mol. The third kappa shape index (κ3) is 2.46. The lowest BCUT2D eigenvalue weighted by Crippen LogP contribution is -2.11. The first kappa shape index (κ1) is 12.8. The summed E-state index contributed by atoms with van der Waals surface area (Å²) in [5, 5.41) is 0.137. The molecule has 0 aliphatic heterocycles. The number of halogens is 3. The Bertz CT molecular complexity index is 413. The van der Waals surface area contributed by atoms with Crippen LogP contribution >= 0.6 is 15.9 Å². The van der Waals surface area contributed by atoms with E-state index in [2.05, 4.69) is 25.7 Å². The third-order valence-electron chi connectivity index (χ3n) is 1.93. The molecule has 0 saturated heterocycles. The van der Waals surface area contributed by atoms with E-state index in [1.807, 2.05) is 0 Å². The topological polar surface area (TPSA) is 65.2 Å². The van der Waals surface area contributed by atoms with Crippen molar-refractivity contribution in [1.82, 2.24) is 4.98 Å². The van der Waals surface area contributed by atoms with Gasteiger partial charge < -0.3 is 10.5 Å². The van der Waals surface area contributed by atoms with Gasteiger partial charge in [-0.15, -0.1) is 0 Å². The highest BCUT2D eigenvalue weighted by Gasteiger charge is 2.20. The van der Waals surface area contributed by atoms with E-state index >= 15 is 0 Å². The summed E-state index contributed by atoms with van der Waals surface area (Å²) in [6.45, 7) is 0. The van der Waals surface area contributed by atoms with Gasteiger partial charge in [0.05, 0.1) is 12.8 Å². The highest BCUT2D eigenvalue weighted by atomic mass is 79.9. The van der Waals surface area contributed by atoms with Crippen molar-refractivity contribution in [1.29, 1.82) is 0 Å². The number of carbonyl (C=O) groups is 1. The largest absolute Gasteiger partial charge is 0.465 e. The van der Waals surface area contributed by atoms with Gasteiger partial charge in [0.1, 0.15) is 11.4 Å². The van der Waals surface area contributed by atoms with E-state index in [9.17, 15) is 13.6 Å². The number of carbonyl (C=O) groups excluding carboxylic acids is 1. The van der Waals surface area contributed by atoms with Crippen LogP contribution < -0.4 is 5.73 Å². The molecule has 0 fully saturated rings. The molecule has 16 heavy (non-hydrogen) atoms. The number of nitrogen functional groups attached to an aromatic ring is 1. The number of hydrogen-bond donors (Lipinski definition) is 1.